The fraction of sp³-hybridized carbons (Fsp3) is 0.333. The van der Waals surface area contributed by atoms with Crippen LogP contribution in [0.25, 0.3) is 0 Å². The first-order valence-corrected chi connectivity index (χ1v) is 6.67. The molecule has 18 heavy (non-hydrogen) atoms. The van der Waals surface area contributed by atoms with Gasteiger partial charge in [-0.2, -0.15) is 0 Å². The van der Waals surface area contributed by atoms with Crippen LogP contribution >= 0.6 is 27.5 Å². The summed E-state index contributed by atoms with van der Waals surface area (Å²) in [6.07, 6.45) is 0. The third-order valence-corrected chi connectivity index (χ3v) is 3.36. The number of alkyl halides is 1. The molecule has 1 aromatic rings. The van der Waals surface area contributed by atoms with E-state index in [-0.39, 0.29) is 24.2 Å². The topological polar surface area (TPSA) is 49.4 Å². The largest absolute Gasteiger partial charge is 0.350 e. The summed E-state index contributed by atoms with van der Waals surface area (Å²) in [6.45, 7) is 0.430. The van der Waals surface area contributed by atoms with Crippen LogP contribution in [0.15, 0.2) is 28.7 Å². The average Bonchev–Trinajstić information content (AvgIpc) is 2.36. The van der Waals surface area contributed by atoms with Crippen molar-refractivity contribution in [3.05, 3.63) is 34.3 Å². The van der Waals surface area contributed by atoms with Gasteiger partial charge in [0.15, 0.2) is 0 Å². The summed E-state index contributed by atoms with van der Waals surface area (Å²) in [4.78, 5) is 24.1. The molecule has 0 bridgehead atoms. The summed E-state index contributed by atoms with van der Waals surface area (Å²) in [7, 11) is 1.54. The van der Waals surface area contributed by atoms with Crippen molar-refractivity contribution in [1.82, 2.24) is 10.2 Å². The summed E-state index contributed by atoms with van der Waals surface area (Å²) in [6, 6.07) is 7.63. The van der Waals surface area contributed by atoms with Crippen LogP contribution in [-0.2, 0) is 16.1 Å². The lowest BCUT2D eigenvalue weighted by molar-refractivity contribution is -0.132. The van der Waals surface area contributed by atoms with E-state index in [1.165, 1.54) is 4.90 Å². The number of carbonyl (C=O) groups excluding carboxylic acids is 2. The Kier molecular flexibility index (Phi) is 6.15. The third-order valence-electron chi connectivity index (χ3n) is 2.35. The highest BCUT2D eigenvalue weighted by Crippen LogP contribution is 2.15. The quantitative estimate of drug-likeness (QED) is 0.835. The standard InChI is InChI=1S/C12H14BrClN2O2/c1-16(12(18)6-14)8-11(17)15-7-9-4-2-3-5-10(9)13/h2-5H,6-8H2,1H3,(H,15,17). The molecule has 0 aliphatic heterocycles. The predicted octanol–water partition coefficient (Wildman–Crippen LogP) is 1.76. The summed E-state index contributed by atoms with van der Waals surface area (Å²) in [5.74, 6) is -0.604. The van der Waals surface area contributed by atoms with Gasteiger partial charge in [0, 0.05) is 18.1 Å². The van der Waals surface area contributed by atoms with Crippen molar-refractivity contribution < 1.29 is 9.59 Å². The number of nitrogens with one attached hydrogen (secondary N) is 1. The van der Waals surface area contributed by atoms with E-state index in [2.05, 4.69) is 21.2 Å². The SMILES string of the molecule is CN(CC(=O)NCc1ccccc1Br)C(=O)CCl. The lowest BCUT2D eigenvalue weighted by atomic mass is 10.2. The van der Waals surface area contributed by atoms with E-state index >= 15 is 0 Å². The van der Waals surface area contributed by atoms with Gasteiger partial charge in [-0.25, -0.2) is 0 Å². The van der Waals surface area contributed by atoms with Gasteiger partial charge in [0.25, 0.3) is 0 Å². The number of hydrogen-bond donors (Lipinski definition) is 1. The molecule has 98 valence electrons. The van der Waals surface area contributed by atoms with Gasteiger partial charge in [0.05, 0.1) is 6.54 Å². The molecule has 6 heteroatoms. The minimum absolute atomic E-state index is 0.00993. The van der Waals surface area contributed by atoms with Crippen molar-refractivity contribution in [2.75, 3.05) is 19.5 Å². The molecular weight excluding hydrogens is 320 g/mol. The molecule has 0 fully saturated rings. The number of halogens is 2. The van der Waals surface area contributed by atoms with Gasteiger partial charge in [-0.05, 0) is 11.6 Å². The Morgan fingerprint density at radius 2 is 2.06 bits per heavy atom. The van der Waals surface area contributed by atoms with E-state index in [0.29, 0.717) is 6.54 Å². The summed E-state index contributed by atoms with van der Waals surface area (Å²) in [5.41, 5.74) is 0.983. The van der Waals surface area contributed by atoms with E-state index in [0.717, 1.165) is 10.0 Å². The van der Waals surface area contributed by atoms with E-state index in [1.807, 2.05) is 24.3 Å². The first kappa shape index (κ1) is 15.0. The Balaban J connectivity index is 2.43. The van der Waals surface area contributed by atoms with Crippen molar-refractivity contribution >= 4 is 39.3 Å². The molecule has 1 rings (SSSR count). The van der Waals surface area contributed by atoms with Crippen LogP contribution in [0, 0.1) is 0 Å². The second-order valence-corrected chi connectivity index (χ2v) is 4.87. The molecule has 4 nitrogen and oxygen atoms in total. The highest BCUT2D eigenvalue weighted by molar-refractivity contribution is 9.10. The Hall–Kier alpha value is -1.07. The van der Waals surface area contributed by atoms with Crippen molar-refractivity contribution in [1.29, 1.82) is 0 Å². The first-order chi connectivity index (χ1) is 8.54. The van der Waals surface area contributed by atoms with Gasteiger partial charge in [-0.3, -0.25) is 9.59 Å². The van der Waals surface area contributed by atoms with Gasteiger partial charge in [0.1, 0.15) is 5.88 Å². The van der Waals surface area contributed by atoms with E-state index in [4.69, 9.17) is 11.6 Å². The number of likely N-dealkylation sites (N-methyl/N-ethyl adjacent to an activating group) is 1. The lowest BCUT2D eigenvalue weighted by Crippen LogP contribution is -2.38. The van der Waals surface area contributed by atoms with Crippen LogP contribution < -0.4 is 5.32 Å². The second-order valence-electron chi connectivity index (χ2n) is 3.75. The van der Waals surface area contributed by atoms with Crippen LogP contribution in [0.4, 0.5) is 0 Å². The highest BCUT2D eigenvalue weighted by atomic mass is 79.9. The smallest absolute Gasteiger partial charge is 0.239 e. The first-order valence-electron chi connectivity index (χ1n) is 5.34. The molecule has 0 radical (unpaired) electrons. The minimum atomic E-state index is -0.271. The van der Waals surface area contributed by atoms with Crippen LogP contribution in [0.2, 0.25) is 0 Å². The summed E-state index contributed by atoms with van der Waals surface area (Å²) >= 11 is 8.79. The fourth-order valence-electron chi connectivity index (χ4n) is 1.30. The molecule has 0 atom stereocenters. The van der Waals surface area contributed by atoms with Crippen LogP contribution in [0.3, 0.4) is 0 Å². The Labute approximate surface area is 119 Å². The molecule has 0 spiro atoms. The average molecular weight is 334 g/mol. The lowest BCUT2D eigenvalue weighted by Gasteiger charge is -2.15. The van der Waals surface area contributed by atoms with E-state index in [9.17, 15) is 9.59 Å². The van der Waals surface area contributed by atoms with Crippen molar-refractivity contribution in [2.45, 2.75) is 6.54 Å². The Morgan fingerprint density at radius 1 is 1.39 bits per heavy atom. The van der Waals surface area contributed by atoms with Crippen LogP contribution in [-0.4, -0.2) is 36.2 Å². The Morgan fingerprint density at radius 3 is 2.67 bits per heavy atom. The number of nitrogens with zero attached hydrogens (tertiary/aromatic N) is 1. The fourth-order valence-corrected chi connectivity index (χ4v) is 1.93. The summed E-state index contributed by atoms with van der Waals surface area (Å²) in [5, 5.41) is 2.74. The zero-order valence-corrected chi connectivity index (χ0v) is 12.3. The predicted molar refractivity (Wildman–Crippen MR) is 74.3 cm³/mol. The molecule has 0 saturated heterocycles. The Bertz CT molecular complexity index is 440. The number of amides is 2. The molecule has 0 aliphatic rings. The molecule has 0 aliphatic carbocycles. The summed E-state index contributed by atoms with van der Waals surface area (Å²) < 4.78 is 0.940. The second kappa shape index (κ2) is 7.38. The van der Waals surface area contributed by atoms with Crippen LogP contribution in [0.5, 0.6) is 0 Å². The van der Waals surface area contributed by atoms with E-state index in [1.54, 1.807) is 7.05 Å². The third kappa shape index (κ3) is 4.66. The molecule has 0 heterocycles. The highest BCUT2D eigenvalue weighted by Gasteiger charge is 2.11. The maximum atomic E-state index is 11.6. The zero-order valence-electron chi connectivity index (χ0n) is 9.95. The molecule has 1 N–H and O–H groups in total. The van der Waals surface area contributed by atoms with Gasteiger partial charge in [0.2, 0.25) is 11.8 Å². The van der Waals surface area contributed by atoms with Gasteiger partial charge >= 0.3 is 0 Å². The van der Waals surface area contributed by atoms with Crippen molar-refractivity contribution in [3.8, 4) is 0 Å². The van der Waals surface area contributed by atoms with Crippen LogP contribution in [0.1, 0.15) is 5.56 Å². The van der Waals surface area contributed by atoms with Crippen molar-refractivity contribution in [3.63, 3.8) is 0 Å². The van der Waals surface area contributed by atoms with Gasteiger partial charge in [-0.15, -0.1) is 11.6 Å². The maximum absolute atomic E-state index is 11.6. The minimum Gasteiger partial charge on any atom is -0.350 e. The molecule has 0 aromatic heterocycles. The molecular formula is C12H14BrClN2O2. The normalized spacial score (nSPS) is 9.94. The number of rotatable bonds is 5. The maximum Gasteiger partial charge on any atom is 0.239 e. The zero-order chi connectivity index (χ0) is 13.5. The van der Waals surface area contributed by atoms with Gasteiger partial charge in [-0.1, -0.05) is 34.1 Å². The van der Waals surface area contributed by atoms with E-state index < -0.39 is 0 Å². The van der Waals surface area contributed by atoms with Gasteiger partial charge < -0.3 is 10.2 Å². The number of carbonyl (C=O) groups is 2. The number of hydrogen-bond acceptors (Lipinski definition) is 2. The number of benzene rings is 1. The monoisotopic (exact) mass is 332 g/mol. The van der Waals surface area contributed by atoms with Crippen molar-refractivity contribution in [2.24, 2.45) is 0 Å². The molecule has 2 amide bonds. The molecule has 0 saturated carbocycles. The molecule has 0 unspecified atom stereocenters. The molecule has 1 aromatic carbocycles.